The third kappa shape index (κ3) is 6.34. The molecule has 2 atom stereocenters. The van der Waals surface area contributed by atoms with Gasteiger partial charge in [0.2, 0.25) is 10.0 Å². The molecule has 1 aliphatic heterocycles. The lowest BCUT2D eigenvalue weighted by atomic mass is 10.1. The van der Waals surface area contributed by atoms with E-state index in [2.05, 4.69) is 0 Å². The number of rotatable bonds is 6. The van der Waals surface area contributed by atoms with Gasteiger partial charge in [-0.2, -0.15) is 22.7 Å². The molecule has 1 amide bonds. The molecular formula is C23H24F3N3O4S. The molecule has 7 nitrogen and oxygen atoms in total. The van der Waals surface area contributed by atoms with Crippen LogP contribution in [0, 0.1) is 11.3 Å². The van der Waals surface area contributed by atoms with Crippen molar-refractivity contribution in [3.8, 4) is 6.07 Å². The van der Waals surface area contributed by atoms with Crippen molar-refractivity contribution >= 4 is 15.9 Å². The van der Waals surface area contributed by atoms with Crippen LogP contribution in [0.2, 0.25) is 0 Å². The number of carbonyl (C=O) groups excluding carboxylic acids is 1. The van der Waals surface area contributed by atoms with Gasteiger partial charge in [0.05, 0.1) is 28.7 Å². The van der Waals surface area contributed by atoms with E-state index in [4.69, 9.17) is 10.00 Å². The van der Waals surface area contributed by atoms with Gasteiger partial charge in [-0.25, -0.2) is 8.42 Å². The number of carbonyl (C=O) groups is 1. The first-order valence-corrected chi connectivity index (χ1v) is 11.9. The quantitative estimate of drug-likeness (QED) is 0.611. The number of hydrogen-bond donors (Lipinski definition) is 0. The van der Waals surface area contributed by atoms with Gasteiger partial charge in [-0.15, -0.1) is 0 Å². The Morgan fingerprint density at radius 2 is 1.65 bits per heavy atom. The van der Waals surface area contributed by atoms with Crippen molar-refractivity contribution < 1.29 is 31.1 Å². The number of morpholine rings is 1. The first-order valence-electron chi connectivity index (χ1n) is 10.5. The summed E-state index contributed by atoms with van der Waals surface area (Å²) in [5, 5.41) is 8.87. The molecule has 11 heteroatoms. The van der Waals surface area contributed by atoms with Crippen LogP contribution in [0.4, 0.5) is 13.2 Å². The number of sulfonamides is 1. The lowest BCUT2D eigenvalue weighted by Crippen LogP contribution is -2.48. The predicted octanol–water partition coefficient (Wildman–Crippen LogP) is 3.56. The predicted molar refractivity (Wildman–Crippen MR) is 117 cm³/mol. The molecule has 0 spiro atoms. The summed E-state index contributed by atoms with van der Waals surface area (Å²) in [6.07, 6.45) is -5.19. The summed E-state index contributed by atoms with van der Waals surface area (Å²) in [5.74, 6) is -0.890. The second kappa shape index (κ2) is 10.1. The highest BCUT2D eigenvalue weighted by Gasteiger charge is 2.34. The second-order valence-corrected chi connectivity index (χ2v) is 10.1. The zero-order chi connectivity index (χ0) is 25.1. The van der Waals surface area contributed by atoms with Crippen molar-refractivity contribution in [2.45, 2.75) is 43.7 Å². The van der Waals surface area contributed by atoms with E-state index in [9.17, 15) is 26.4 Å². The number of benzene rings is 2. The minimum atomic E-state index is -4.63. The SMILES string of the molecule is CC1CN(S(=O)(=O)c2ccc(C(=O)N(Cc3ccc(C#N)cc3)CC(F)(F)F)cc2)CC(C)O1. The van der Waals surface area contributed by atoms with Gasteiger partial charge in [-0.1, -0.05) is 12.1 Å². The highest BCUT2D eigenvalue weighted by Crippen LogP contribution is 2.24. The Balaban J connectivity index is 1.82. The Labute approximate surface area is 196 Å². The summed E-state index contributed by atoms with van der Waals surface area (Å²) in [7, 11) is -3.85. The van der Waals surface area contributed by atoms with E-state index >= 15 is 0 Å². The third-order valence-electron chi connectivity index (χ3n) is 5.24. The van der Waals surface area contributed by atoms with Crippen molar-refractivity contribution in [3.63, 3.8) is 0 Å². The zero-order valence-electron chi connectivity index (χ0n) is 18.6. The molecule has 182 valence electrons. The maximum atomic E-state index is 13.2. The van der Waals surface area contributed by atoms with Crippen LogP contribution in [-0.2, 0) is 21.3 Å². The second-order valence-electron chi connectivity index (χ2n) is 8.19. The third-order valence-corrected chi connectivity index (χ3v) is 7.08. The maximum absolute atomic E-state index is 13.2. The van der Waals surface area contributed by atoms with Gasteiger partial charge in [0.1, 0.15) is 6.54 Å². The standard InChI is InChI=1S/C23H24F3N3O4S/c1-16-12-29(13-17(2)33-16)34(31,32)21-9-7-20(8-10-21)22(30)28(15-23(24,25)26)14-19-5-3-18(11-27)4-6-19/h3-10,16-17H,12-15H2,1-2H3. The Morgan fingerprint density at radius 3 is 2.15 bits per heavy atom. The van der Waals surface area contributed by atoms with E-state index in [0.717, 1.165) is 0 Å². The summed E-state index contributed by atoms with van der Waals surface area (Å²) in [6.45, 7) is 2.09. The minimum absolute atomic E-state index is 0.0557. The average molecular weight is 496 g/mol. The highest BCUT2D eigenvalue weighted by molar-refractivity contribution is 7.89. The van der Waals surface area contributed by atoms with Gasteiger partial charge in [0.25, 0.3) is 5.91 Å². The lowest BCUT2D eigenvalue weighted by Gasteiger charge is -2.34. The van der Waals surface area contributed by atoms with Crippen LogP contribution in [0.15, 0.2) is 53.4 Å². The molecule has 1 aliphatic rings. The molecule has 0 aliphatic carbocycles. The van der Waals surface area contributed by atoms with E-state index in [-0.39, 0.29) is 42.3 Å². The highest BCUT2D eigenvalue weighted by atomic mass is 32.2. The molecule has 1 saturated heterocycles. The van der Waals surface area contributed by atoms with Crippen LogP contribution in [0.5, 0.6) is 0 Å². The molecule has 0 N–H and O–H groups in total. The van der Waals surface area contributed by atoms with Crippen molar-refractivity contribution in [2.75, 3.05) is 19.6 Å². The molecule has 34 heavy (non-hydrogen) atoms. The van der Waals surface area contributed by atoms with E-state index in [1.54, 1.807) is 13.8 Å². The van der Waals surface area contributed by atoms with Crippen LogP contribution in [0.25, 0.3) is 0 Å². The maximum Gasteiger partial charge on any atom is 0.406 e. The number of ether oxygens (including phenoxy) is 1. The van der Waals surface area contributed by atoms with Gasteiger partial charge < -0.3 is 9.64 Å². The molecule has 0 saturated carbocycles. The molecular weight excluding hydrogens is 471 g/mol. The fourth-order valence-corrected chi connectivity index (χ4v) is 5.34. The minimum Gasteiger partial charge on any atom is -0.373 e. The van der Waals surface area contributed by atoms with Crippen LogP contribution in [-0.4, -0.2) is 61.5 Å². The zero-order valence-corrected chi connectivity index (χ0v) is 19.4. The van der Waals surface area contributed by atoms with E-state index in [0.29, 0.717) is 16.0 Å². The molecule has 2 unspecified atom stereocenters. The summed E-state index contributed by atoms with van der Waals surface area (Å²) in [5.41, 5.74) is 0.699. The number of hydrogen-bond acceptors (Lipinski definition) is 5. The topological polar surface area (TPSA) is 90.7 Å². The van der Waals surface area contributed by atoms with Crippen LogP contribution >= 0.6 is 0 Å². The summed E-state index contributed by atoms with van der Waals surface area (Å²) >= 11 is 0. The lowest BCUT2D eigenvalue weighted by molar-refractivity contribution is -0.141. The van der Waals surface area contributed by atoms with Crippen molar-refractivity contribution in [3.05, 3.63) is 65.2 Å². The summed E-state index contributed by atoms with van der Waals surface area (Å²) in [6, 6.07) is 12.7. The van der Waals surface area contributed by atoms with Gasteiger partial charge in [0, 0.05) is 25.2 Å². The summed E-state index contributed by atoms with van der Waals surface area (Å²) in [4.78, 5) is 13.5. The van der Waals surface area contributed by atoms with Gasteiger partial charge >= 0.3 is 6.18 Å². The van der Waals surface area contributed by atoms with Gasteiger partial charge in [-0.05, 0) is 55.8 Å². The van der Waals surface area contributed by atoms with Crippen molar-refractivity contribution in [1.82, 2.24) is 9.21 Å². The smallest absolute Gasteiger partial charge is 0.373 e. The first kappa shape index (κ1) is 25.7. The summed E-state index contributed by atoms with van der Waals surface area (Å²) < 4.78 is 72.3. The van der Waals surface area contributed by atoms with Crippen LogP contribution in [0.1, 0.15) is 35.3 Å². The van der Waals surface area contributed by atoms with E-state index < -0.39 is 28.7 Å². The number of nitriles is 1. The Morgan fingerprint density at radius 1 is 1.09 bits per heavy atom. The fraction of sp³-hybridized carbons (Fsp3) is 0.391. The number of halogens is 3. The Kier molecular flexibility index (Phi) is 7.65. The number of alkyl halides is 3. The molecule has 2 aromatic rings. The first-order chi connectivity index (χ1) is 15.9. The Hall–Kier alpha value is -2.94. The van der Waals surface area contributed by atoms with Gasteiger partial charge in [0.15, 0.2) is 0 Å². The Bertz CT molecular complexity index is 1150. The van der Waals surface area contributed by atoms with Crippen LogP contribution in [0.3, 0.4) is 0 Å². The molecule has 0 radical (unpaired) electrons. The van der Waals surface area contributed by atoms with E-state index in [1.165, 1.54) is 52.8 Å². The average Bonchev–Trinajstić information content (AvgIpc) is 2.77. The normalized spacial score (nSPS) is 19.4. The van der Waals surface area contributed by atoms with Crippen molar-refractivity contribution in [2.24, 2.45) is 0 Å². The molecule has 1 fully saturated rings. The van der Waals surface area contributed by atoms with Gasteiger partial charge in [-0.3, -0.25) is 4.79 Å². The monoisotopic (exact) mass is 495 g/mol. The molecule has 3 rings (SSSR count). The molecule has 2 aromatic carbocycles. The molecule has 0 bridgehead atoms. The largest absolute Gasteiger partial charge is 0.406 e. The molecule has 0 aromatic heterocycles. The number of amides is 1. The fourth-order valence-electron chi connectivity index (χ4n) is 3.75. The number of nitrogens with zero attached hydrogens (tertiary/aromatic N) is 3. The molecule has 1 heterocycles. The van der Waals surface area contributed by atoms with Crippen molar-refractivity contribution in [1.29, 1.82) is 5.26 Å². The van der Waals surface area contributed by atoms with Crippen LogP contribution < -0.4 is 0 Å². The van der Waals surface area contributed by atoms with E-state index in [1.807, 2.05) is 6.07 Å².